The number of hydrogen-bond acceptors (Lipinski definition) is 6. The lowest BCUT2D eigenvalue weighted by Crippen LogP contribution is -2.32. The molecule has 1 aliphatic rings. The van der Waals surface area contributed by atoms with Crippen molar-refractivity contribution in [2.75, 3.05) is 33.5 Å². The first kappa shape index (κ1) is 26.7. The molecule has 0 aliphatic carbocycles. The molecule has 0 aromatic heterocycles. The van der Waals surface area contributed by atoms with E-state index in [4.69, 9.17) is 19.0 Å². The number of carbonyl (C=O) groups excluding carboxylic acids is 2. The molecule has 2 aromatic carbocycles. The van der Waals surface area contributed by atoms with Crippen molar-refractivity contribution in [3.05, 3.63) is 54.1 Å². The highest BCUT2D eigenvalue weighted by Gasteiger charge is 2.15. The summed E-state index contributed by atoms with van der Waals surface area (Å²) in [7, 11) is 1.59. The fourth-order valence-corrected chi connectivity index (χ4v) is 3.77. The minimum atomic E-state index is -0.350. The number of rotatable bonds is 14. The van der Waals surface area contributed by atoms with Crippen molar-refractivity contribution in [2.45, 2.75) is 51.2 Å². The van der Waals surface area contributed by atoms with E-state index in [1.54, 1.807) is 7.11 Å². The molecule has 2 amide bonds. The van der Waals surface area contributed by atoms with E-state index < -0.39 is 0 Å². The molecule has 1 unspecified atom stereocenters. The second-order valence-corrected chi connectivity index (χ2v) is 8.43. The Morgan fingerprint density at radius 1 is 1.11 bits per heavy atom. The van der Waals surface area contributed by atoms with E-state index in [0.29, 0.717) is 44.6 Å². The smallest absolute Gasteiger partial charge is 0.250 e. The average molecular weight is 485 g/mol. The second kappa shape index (κ2) is 15.1. The van der Waals surface area contributed by atoms with Gasteiger partial charge in [0, 0.05) is 38.5 Å². The predicted octanol–water partition coefficient (Wildman–Crippen LogP) is 4.04. The first-order valence-electron chi connectivity index (χ1n) is 12.3. The number of nitrogens with one attached hydrogen (secondary N) is 2. The van der Waals surface area contributed by atoms with Crippen LogP contribution in [-0.2, 0) is 23.9 Å². The van der Waals surface area contributed by atoms with Crippen molar-refractivity contribution >= 4 is 22.6 Å². The van der Waals surface area contributed by atoms with Crippen LogP contribution in [0.1, 0.15) is 44.9 Å². The van der Waals surface area contributed by atoms with Crippen molar-refractivity contribution in [3.8, 4) is 5.75 Å². The third-order valence-electron chi connectivity index (χ3n) is 5.71. The molecular weight excluding hydrogens is 448 g/mol. The minimum absolute atomic E-state index is 0.155. The Bertz CT molecular complexity index is 966. The standard InChI is InChI=1S/C27H36N2O6/c1-32-19-17-28-27(31)22(20-34-24-14-9-12-21-10-5-6-13-23(21)24)11-3-2-4-15-25(30)29-35-26-16-7-8-18-33-26/h5-6,9-14,26H,2-4,7-8,15-20H2,1H3,(H,28,31)(H,29,30)/b22-11+. The van der Waals surface area contributed by atoms with Crippen LogP contribution >= 0.6 is 0 Å². The largest absolute Gasteiger partial charge is 0.488 e. The van der Waals surface area contributed by atoms with Crippen LogP contribution in [-0.4, -0.2) is 51.6 Å². The summed E-state index contributed by atoms with van der Waals surface area (Å²) in [6.07, 6.45) is 6.85. The highest BCUT2D eigenvalue weighted by Crippen LogP contribution is 2.25. The zero-order valence-corrected chi connectivity index (χ0v) is 20.4. The Kier molecular flexibility index (Phi) is 11.5. The quantitative estimate of drug-likeness (QED) is 0.239. The number of amides is 2. The van der Waals surface area contributed by atoms with Gasteiger partial charge in [-0.3, -0.25) is 9.59 Å². The maximum Gasteiger partial charge on any atom is 0.250 e. The summed E-state index contributed by atoms with van der Waals surface area (Å²) in [6, 6.07) is 13.8. The van der Waals surface area contributed by atoms with Crippen molar-refractivity contribution in [1.29, 1.82) is 0 Å². The van der Waals surface area contributed by atoms with E-state index in [-0.39, 0.29) is 24.7 Å². The van der Waals surface area contributed by atoms with Crippen LogP contribution in [0.5, 0.6) is 5.75 Å². The lowest BCUT2D eigenvalue weighted by molar-refractivity contribution is -0.200. The Balaban J connectivity index is 1.47. The van der Waals surface area contributed by atoms with Gasteiger partial charge in [0.25, 0.3) is 0 Å². The van der Waals surface area contributed by atoms with Gasteiger partial charge in [-0.2, -0.15) is 0 Å². The monoisotopic (exact) mass is 484 g/mol. The zero-order valence-electron chi connectivity index (χ0n) is 20.4. The molecule has 1 heterocycles. The summed E-state index contributed by atoms with van der Waals surface area (Å²) in [6.45, 7) is 1.68. The molecule has 8 nitrogen and oxygen atoms in total. The Hall–Kier alpha value is -2.94. The average Bonchev–Trinajstić information content (AvgIpc) is 2.89. The van der Waals surface area contributed by atoms with Crippen LogP contribution in [0.15, 0.2) is 54.1 Å². The van der Waals surface area contributed by atoms with E-state index in [2.05, 4.69) is 10.8 Å². The van der Waals surface area contributed by atoms with Gasteiger partial charge in [-0.05, 0) is 43.6 Å². The van der Waals surface area contributed by atoms with Gasteiger partial charge in [-0.1, -0.05) is 42.5 Å². The Morgan fingerprint density at radius 2 is 1.97 bits per heavy atom. The summed E-state index contributed by atoms with van der Waals surface area (Å²) in [5.41, 5.74) is 3.03. The number of methoxy groups -OCH3 is 1. The van der Waals surface area contributed by atoms with Crippen molar-refractivity contribution in [2.24, 2.45) is 0 Å². The molecule has 190 valence electrons. The summed E-state index contributed by atoms with van der Waals surface area (Å²) in [4.78, 5) is 30.0. The number of hydrogen-bond donors (Lipinski definition) is 2. The normalized spacial score (nSPS) is 16.1. The van der Waals surface area contributed by atoms with Gasteiger partial charge in [-0.25, -0.2) is 10.3 Å². The second-order valence-electron chi connectivity index (χ2n) is 8.43. The van der Waals surface area contributed by atoms with Gasteiger partial charge in [0.1, 0.15) is 12.4 Å². The maximum absolute atomic E-state index is 12.7. The van der Waals surface area contributed by atoms with Crippen LogP contribution < -0.4 is 15.5 Å². The molecule has 2 aromatic rings. The van der Waals surface area contributed by atoms with Crippen LogP contribution in [0.25, 0.3) is 10.8 Å². The number of hydroxylamine groups is 1. The van der Waals surface area contributed by atoms with Crippen molar-refractivity contribution in [3.63, 3.8) is 0 Å². The van der Waals surface area contributed by atoms with Gasteiger partial charge in [0.2, 0.25) is 11.8 Å². The molecular formula is C27H36N2O6. The molecule has 1 atom stereocenters. The highest BCUT2D eigenvalue weighted by molar-refractivity contribution is 5.94. The summed E-state index contributed by atoms with van der Waals surface area (Å²) >= 11 is 0. The summed E-state index contributed by atoms with van der Waals surface area (Å²) in [5.74, 6) is 0.387. The van der Waals surface area contributed by atoms with Crippen LogP contribution in [0.4, 0.5) is 0 Å². The van der Waals surface area contributed by atoms with Gasteiger partial charge in [0.05, 0.1) is 12.2 Å². The molecule has 1 fully saturated rings. The molecule has 0 bridgehead atoms. The van der Waals surface area contributed by atoms with E-state index in [0.717, 1.165) is 42.2 Å². The summed E-state index contributed by atoms with van der Waals surface area (Å²) < 4.78 is 16.5. The van der Waals surface area contributed by atoms with Crippen LogP contribution in [0, 0.1) is 0 Å². The number of benzene rings is 2. The van der Waals surface area contributed by atoms with Gasteiger partial charge in [0.15, 0.2) is 6.29 Å². The summed E-state index contributed by atoms with van der Waals surface area (Å²) in [5, 5.41) is 4.94. The van der Waals surface area contributed by atoms with Gasteiger partial charge in [-0.15, -0.1) is 0 Å². The van der Waals surface area contributed by atoms with E-state index in [9.17, 15) is 9.59 Å². The number of fused-ring (bicyclic) bond motifs is 1. The SMILES string of the molecule is COCCNC(=O)/C(=C/CCCCC(=O)NOC1CCCCO1)COc1cccc2ccccc12. The molecule has 1 saturated heterocycles. The molecule has 8 heteroatoms. The first-order chi connectivity index (χ1) is 17.2. The molecule has 2 N–H and O–H groups in total. The lowest BCUT2D eigenvalue weighted by atomic mass is 10.1. The fraction of sp³-hybridized carbons (Fsp3) is 0.481. The number of allylic oxidation sites excluding steroid dienone is 1. The third kappa shape index (κ3) is 9.32. The first-order valence-corrected chi connectivity index (χ1v) is 12.3. The number of carbonyl (C=O) groups is 2. The van der Waals surface area contributed by atoms with Crippen LogP contribution in [0.3, 0.4) is 0 Å². The van der Waals surface area contributed by atoms with Crippen molar-refractivity contribution < 1.29 is 28.6 Å². The zero-order chi connectivity index (χ0) is 24.7. The highest BCUT2D eigenvalue weighted by atomic mass is 16.8. The molecule has 1 aliphatic heterocycles. The molecule has 0 spiro atoms. The molecule has 0 radical (unpaired) electrons. The van der Waals surface area contributed by atoms with E-state index in [1.165, 1.54) is 0 Å². The van der Waals surface area contributed by atoms with E-state index in [1.807, 2.05) is 48.5 Å². The fourth-order valence-electron chi connectivity index (χ4n) is 3.77. The number of ether oxygens (including phenoxy) is 3. The topological polar surface area (TPSA) is 95.1 Å². The number of unbranched alkanes of at least 4 members (excludes halogenated alkanes) is 2. The minimum Gasteiger partial charge on any atom is -0.488 e. The Morgan fingerprint density at radius 3 is 2.80 bits per heavy atom. The van der Waals surface area contributed by atoms with Gasteiger partial charge >= 0.3 is 0 Å². The molecule has 0 saturated carbocycles. The van der Waals surface area contributed by atoms with Crippen molar-refractivity contribution in [1.82, 2.24) is 10.8 Å². The predicted molar refractivity (Wildman–Crippen MR) is 134 cm³/mol. The van der Waals surface area contributed by atoms with Gasteiger partial charge < -0.3 is 19.5 Å². The molecule has 3 rings (SSSR count). The Labute approximate surface area is 206 Å². The molecule has 35 heavy (non-hydrogen) atoms. The third-order valence-corrected chi connectivity index (χ3v) is 5.71. The van der Waals surface area contributed by atoms with E-state index >= 15 is 0 Å². The van der Waals surface area contributed by atoms with Crippen LogP contribution in [0.2, 0.25) is 0 Å². The maximum atomic E-state index is 12.7. The lowest BCUT2D eigenvalue weighted by Gasteiger charge is -2.22.